The highest BCUT2D eigenvalue weighted by atomic mass is 16.5. The standard InChI is InChI=1S/C25H26N4O3/c1-3-31-17-14-12-16(13-15-17)24-27-25-26-19-9-7-10-20(30)22(19)23(29(25)28-24)18-8-5-6-11-21(18)32-4-2/h5-6,8,11-15,23H,3-4,7,9-10H2,1-2H3,(H,26,27,28). The van der Waals surface area contributed by atoms with E-state index in [-0.39, 0.29) is 11.8 Å². The SMILES string of the molecule is CCOc1ccc(-c2nc3n(n2)C(c2ccccc2OCC)C2=C(CCCC2=O)N3)cc1. The van der Waals surface area contributed by atoms with Gasteiger partial charge < -0.3 is 14.8 Å². The maximum Gasteiger partial charge on any atom is 0.226 e. The maximum atomic E-state index is 13.1. The van der Waals surface area contributed by atoms with E-state index >= 15 is 0 Å². The summed E-state index contributed by atoms with van der Waals surface area (Å²) in [5.74, 6) is 2.96. The summed E-state index contributed by atoms with van der Waals surface area (Å²) in [5, 5.41) is 8.23. The van der Waals surface area contributed by atoms with Crippen LogP contribution >= 0.6 is 0 Å². The van der Waals surface area contributed by atoms with Gasteiger partial charge in [-0.05, 0) is 57.0 Å². The van der Waals surface area contributed by atoms with E-state index in [4.69, 9.17) is 19.6 Å². The van der Waals surface area contributed by atoms with Crippen molar-refractivity contribution in [2.75, 3.05) is 18.5 Å². The summed E-state index contributed by atoms with van der Waals surface area (Å²) in [6.07, 6.45) is 2.20. The van der Waals surface area contributed by atoms with E-state index in [1.807, 2.05) is 67.1 Å². The molecule has 5 rings (SSSR count). The van der Waals surface area contributed by atoms with Crippen LogP contribution in [0.4, 0.5) is 5.95 Å². The lowest BCUT2D eigenvalue weighted by atomic mass is 9.85. The summed E-state index contributed by atoms with van der Waals surface area (Å²) in [5.41, 5.74) is 3.51. The van der Waals surface area contributed by atoms with Gasteiger partial charge in [-0.15, -0.1) is 5.10 Å². The van der Waals surface area contributed by atoms with E-state index in [0.717, 1.165) is 46.7 Å². The number of hydrogen-bond acceptors (Lipinski definition) is 6. The Morgan fingerprint density at radius 3 is 2.59 bits per heavy atom. The number of Topliss-reactive ketones (excluding diaryl/α,β-unsaturated/α-hetero) is 1. The van der Waals surface area contributed by atoms with Crippen LogP contribution in [-0.2, 0) is 4.79 Å². The molecule has 32 heavy (non-hydrogen) atoms. The zero-order valence-corrected chi connectivity index (χ0v) is 18.3. The van der Waals surface area contributed by atoms with Crippen LogP contribution in [0.5, 0.6) is 11.5 Å². The highest BCUT2D eigenvalue weighted by Gasteiger charge is 2.38. The first-order valence-electron chi connectivity index (χ1n) is 11.1. The summed E-state index contributed by atoms with van der Waals surface area (Å²) in [4.78, 5) is 17.8. The molecule has 1 N–H and O–H groups in total. The van der Waals surface area contributed by atoms with Gasteiger partial charge in [0.2, 0.25) is 5.95 Å². The van der Waals surface area contributed by atoms with Crippen molar-refractivity contribution in [3.8, 4) is 22.9 Å². The summed E-state index contributed by atoms with van der Waals surface area (Å²) in [6.45, 7) is 5.08. The normalized spacial score (nSPS) is 17.4. The molecular formula is C25H26N4O3. The Bertz CT molecular complexity index is 1180. The summed E-state index contributed by atoms with van der Waals surface area (Å²) in [7, 11) is 0. The molecule has 1 aromatic heterocycles. The van der Waals surface area contributed by atoms with Crippen molar-refractivity contribution in [2.24, 2.45) is 0 Å². The number of aromatic nitrogens is 3. The van der Waals surface area contributed by atoms with Crippen molar-refractivity contribution in [3.63, 3.8) is 0 Å². The number of anilines is 1. The molecule has 2 aromatic carbocycles. The third kappa shape index (κ3) is 3.53. The maximum absolute atomic E-state index is 13.1. The average Bonchev–Trinajstić information content (AvgIpc) is 3.23. The van der Waals surface area contributed by atoms with E-state index in [2.05, 4.69) is 5.32 Å². The van der Waals surface area contributed by atoms with Crippen molar-refractivity contribution in [2.45, 2.75) is 39.2 Å². The Morgan fingerprint density at radius 2 is 1.81 bits per heavy atom. The van der Waals surface area contributed by atoms with Gasteiger partial charge in [-0.1, -0.05) is 18.2 Å². The van der Waals surface area contributed by atoms with Crippen LogP contribution in [0, 0.1) is 0 Å². The number of carbonyl (C=O) groups excluding carboxylic acids is 1. The molecule has 1 aliphatic heterocycles. The van der Waals surface area contributed by atoms with Gasteiger partial charge in [0.1, 0.15) is 17.5 Å². The second kappa shape index (κ2) is 8.49. The molecule has 7 nitrogen and oxygen atoms in total. The monoisotopic (exact) mass is 430 g/mol. The number of hydrogen-bond donors (Lipinski definition) is 1. The van der Waals surface area contributed by atoms with Crippen LogP contribution in [0.25, 0.3) is 11.4 Å². The molecule has 164 valence electrons. The second-order valence-electron chi connectivity index (χ2n) is 7.83. The summed E-state index contributed by atoms with van der Waals surface area (Å²) < 4.78 is 13.3. The fourth-order valence-electron chi connectivity index (χ4n) is 4.43. The Labute approximate surface area is 187 Å². The lowest BCUT2D eigenvalue weighted by molar-refractivity contribution is -0.116. The van der Waals surface area contributed by atoms with Crippen LogP contribution in [0.3, 0.4) is 0 Å². The third-order valence-electron chi connectivity index (χ3n) is 5.81. The van der Waals surface area contributed by atoms with Crippen molar-refractivity contribution in [1.29, 1.82) is 0 Å². The van der Waals surface area contributed by atoms with Gasteiger partial charge in [0.15, 0.2) is 11.6 Å². The van der Waals surface area contributed by atoms with Crippen LogP contribution in [0.15, 0.2) is 59.8 Å². The van der Waals surface area contributed by atoms with Gasteiger partial charge in [-0.3, -0.25) is 4.79 Å². The molecule has 3 aromatic rings. The molecule has 1 aliphatic carbocycles. The first-order valence-corrected chi connectivity index (χ1v) is 11.1. The van der Waals surface area contributed by atoms with E-state index in [1.54, 1.807) is 0 Å². The number of benzene rings is 2. The Morgan fingerprint density at radius 1 is 1.03 bits per heavy atom. The predicted octanol–water partition coefficient (Wildman–Crippen LogP) is 4.76. The average molecular weight is 431 g/mol. The van der Waals surface area contributed by atoms with Crippen molar-refractivity contribution < 1.29 is 14.3 Å². The van der Waals surface area contributed by atoms with Gasteiger partial charge in [-0.2, -0.15) is 4.98 Å². The first-order chi connectivity index (χ1) is 15.7. The quantitative estimate of drug-likeness (QED) is 0.607. The number of nitrogens with zero attached hydrogens (tertiary/aromatic N) is 3. The Balaban J connectivity index is 1.62. The van der Waals surface area contributed by atoms with Crippen LogP contribution in [0.1, 0.15) is 44.7 Å². The number of ether oxygens (including phenoxy) is 2. The lowest BCUT2D eigenvalue weighted by Gasteiger charge is -2.32. The molecule has 0 saturated carbocycles. The van der Waals surface area contributed by atoms with Crippen molar-refractivity contribution in [3.05, 3.63) is 65.4 Å². The molecule has 2 heterocycles. The third-order valence-corrected chi connectivity index (χ3v) is 5.81. The number of fused-ring (bicyclic) bond motifs is 1. The predicted molar refractivity (Wildman–Crippen MR) is 122 cm³/mol. The summed E-state index contributed by atoms with van der Waals surface area (Å²) in [6, 6.07) is 15.2. The topological polar surface area (TPSA) is 78.3 Å². The number of carbonyl (C=O) groups is 1. The van der Waals surface area contributed by atoms with Crippen LogP contribution < -0.4 is 14.8 Å². The molecule has 1 atom stereocenters. The minimum Gasteiger partial charge on any atom is -0.494 e. The molecule has 1 unspecified atom stereocenters. The Kier molecular flexibility index (Phi) is 5.39. The molecule has 2 aliphatic rings. The van der Waals surface area contributed by atoms with E-state index in [9.17, 15) is 4.79 Å². The highest BCUT2D eigenvalue weighted by molar-refractivity contribution is 5.99. The molecule has 7 heteroatoms. The van der Waals surface area contributed by atoms with Gasteiger partial charge in [-0.25, -0.2) is 4.68 Å². The van der Waals surface area contributed by atoms with Gasteiger partial charge >= 0.3 is 0 Å². The Hall–Kier alpha value is -3.61. The number of rotatable bonds is 6. The fraction of sp³-hybridized carbons (Fsp3) is 0.320. The first kappa shape index (κ1) is 20.3. The number of ketones is 1. The van der Waals surface area contributed by atoms with E-state index < -0.39 is 0 Å². The lowest BCUT2D eigenvalue weighted by Crippen LogP contribution is -2.31. The number of nitrogens with one attached hydrogen (secondary N) is 1. The largest absolute Gasteiger partial charge is 0.494 e. The molecule has 0 fully saturated rings. The van der Waals surface area contributed by atoms with Crippen LogP contribution in [-0.4, -0.2) is 33.8 Å². The molecule has 0 saturated heterocycles. The fourth-order valence-corrected chi connectivity index (χ4v) is 4.43. The molecule has 0 amide bonds. The van der Waals surface area contributed by atoms with E-state index in [0.29, 0.717) is 31.4 Å². The number of para-hydroxylation sites is 1. The van der Waals surface area contributed by atoms with E-state index in [1.165, 1.54) is 0 Å². The van der Waals surface area contributed by atoms with Crippen LogP contribution in [0.2, 0.25) is 0 Å². The minimum absolute atomic E-state index is 0.152. The van der Waals surface area contributed by atoms with Gasteiger partial charge in [0.25, 0.3) is 0 Å². The smallest absolute Gasteiger partial charge is 0.226 e. The zero-order chi connectivity index (χ0) is 22.1. The van der Waals surface area contributed by atoms with Crippen molar-refractivity contribution >= 4 is 11.7 Å². The number of allylic oxidation sites excluding steroid dienone is 2. The molecule has 0 spiro atoms. The highest BCUT2D eigenvalue weighted by Crippen LogP contribution is 2.43. The van der Waals surface area contributed by atoms with Gasteiger partial charge in [0.05, 0.1) is 13.2 Å². The minimum atomic E-state index is -0.374. The summed E-state index contributed by atoms with van der Waals surface area (Å²) >= 11 is 0. The van der Waals surface area contributed by atoms with Gasteiger partial charge in [0, 0.05) is 28.8 Å². The molecular weight excluding hydrogens is 404 g/mol. The zero-order valence-electron chi connectivity index (χ0n) is 18.3. The second-order valence-corrected chi connectivity index (χ2v) is 7.83. The molecule has 0 bridgehead atoms. The molecule has 0 radical (unpaired) electrons. The van der Waals surface area contributed by atoms with Crippen molar-refractivity contribution in [1.82, 2.24) is 14.8 Å².